The van der Waals surface area contributed by atoms with E-state index in [1.54, 1.807) is 6.07 Å². The van der Waals surface area contributed by atoms with Gasteiger partial charge in [-0.15, -0.1) is 10.2 Å². The van der Waals surface area contributed by atoms with E-state index >= 15 is 0 Å². The normalized spacial score (nSPS) is 10.7. The topological polar surface area (TPSA) is 53.9 Å². The van der Waals surface area contributed by atoms with Crippen LogP contribution < -0.4 is 10.2 Å². The summed E-state index contributed by atoms with van der Waals surface area (Å²) >= 11 is 15.1. The fraction of sp³-hybridized carbons (Fsp3) is 0.364. The van der Waals surface area contributed by atoms with E-state index in [1.807, 2.05) is 25.9 Å². The molecule has 0 fully saturated rings. The van der Waals surface area contributed by atoms with Crippen molar-refractivity contribution in [2.24, 2.45) is 0 Å². The summed E-state index contributed by atoms with van der Waals surface area (Å²) in [6.45, 7) is 2.72. The standard InChI is InChI=1S/C11H13Cl2N5S2/c1-4-14-8-6(12)5-7(13)9(15-8)19-11-17-16-10(20-11)18(2)3/h5H,4H2,1-3H3,(H,14,15). The number of rotatable bonds is 5. The monoisotopic (exact) mass is 349 g/mol. The van der Waals surface area contributed by atoms with Crippen LogP contribution in [0.5, 0.6) is 0 Å². The quantitative estimate of drug-likeness (QED) is 0.883. The molecule has 0 saturated heterocycles. The lowest BCUT2D eigenvalue weighted by molar-refractivity contribution is 0.970. The molecular weight excluding hydrogens is 337 g/mol. The highest BCUT2D eigenvalue weighted by Gasteiger charge is 2.13. The molecule has 0 bridgehead atoms. The van der Waals surface area contributed by atoms with E-state index < -0.39 is 0 Å². The summed E-state index contributed by atoms with van der Waals surface area (Å²) < 4.78 is 0.785. The third kappa shape index (κ3) is 3.66. The molecule has 0 radical (unpaired) electrons. The Balaban J connectivity index is 2.25. The Labute approximate surface area is 135 Å². The van der Waals surface area contributed by atoms with Crippen molar-refractivity contribution in [3.8, 4) is 0 Å². The van der Waals surface area contributed by atoms with Crippen molar-refractivity contribution in [1.29, 1.82) is 0 Å². The van der Waals surface area contributed by atoms with Gasteiger partial charge in [0.1, 0.15) is 10.8 Å². The lowest BCUT2D eigenvalue weighted by atomic mass is 10.4. The molecule has 0 atom stereocenters. The highest BCUT2D eigenvalue weighted by atomic mass is 35.5. The molecule has 0 spiro atoms. The smallest absolute Gasteiger partial charge is 0.208 e. The van der Waals surface area contributed by atoms with Crippen LogP contribution in [0, 0.1) is 0 Å². The maximum absolute atomic E-state index is 6.17. The summed E-state index contributed by atoms with van der Waals surface area (Å²) in [5.41, 5.74) is 0. The van der Waals surface area contributed by atoms with Gasteiger partial charge in [-0.25, -0.2) is 4.98 Å². The summed E-state index contributed by atoms with van der Waals surface area (Å²) in [6, 6.07) is 1.68. The van der Waals surface area contributed by atoms with Crippen LogP contribution in [0.1, 0.15) is 6.92 Å². The predicted molar refractivity (Wildman–Crippen MR) is 86.8 cm³/mol. The largest absolute Gasteiger partial charge is 0.369 e. The van der Waals surface area contributed by atoms with Gasteiger partial charge in [-0.1, -0.05) is 34.5 Å². The Bertz CT molecular complexity index is 602. The van der Waals surface area contributed by atoms with Crippen molar-refractivity contribution in [2.75, 3.05) is 30.9 Å². The maximum atomic E-state index is 6.17. The van der Waals surface area contributed by atoms with Gasteiger partial charge in [-0.2, -0.15) is 0 Å². The molecule has 0 aliphatic heterocycles. The first-order valence-electron chi connectivity index (χ1n) is 5.79. The van der Waals surface area contributed by atoms with Gasteiger partial charge in [0, 0.05) is 20.6 Å². The minimum absolute atomic E-state index is 0.503. The van der Waals surface area contributed by atoms with Gasteiger partial charge in [0.15, 0.2) is 4.34 Å². The number of hydrogen-bond acceptors (Lipinski definition) is 7. The van der Waals surface area contributed by atoms with Gasteiger partial charge < -0.3 is 10.2 Å². The number of aromatic nitrogens is 3. The number of hydrogen-bond donors (Lipinski definition) is 1. The van der Waals surface area contributed by atoms with Gasteiger partial charge in [-0.05, 0) is 24.8 Å². The minimum Gasteiger partial charge on any atom is -0.369 e. The molecule has 0 aliphatic rings. The van der Waals surface area contributed by atoms with E-state index in [0.717, 1.165) is 16.0 Å². The molecular formula is C11H13Cl2N5S2. The van der Waals surface area contributed by atoms with Gasteiger partial charge in [0.25, 0.3) is 0 Å². The molecule has 2 rings (SSSR count). The zero-order valence-corrected chi connectivity index (χ0v) is 14.3. The zero-order valence-electron chi connectivity index (χ0n) is 11.1. The molecule has 20 heavy (non-hydrogen) atoms. The van der Waals surface area contributed by atoms with Crippen LogP contribution >= 0.6 is 46.3 Å². The van der Waals surface area contributed by atoms with Crippen molar-refractivity contribution in [1.82, 2.24) is 15.2 Å². The van der Waals surface area contributed by atoms with E-state index in [1.165, 1.54) is 23.1 Å². The summed E-state index contributed by atoms with van der Waals surface area (Å²) in [4.78, 5) is 6.33. The van der Waals surface area contributed by atoms with Crippen molar-refractivity contribution in [2.45, 2.75) is 16.3 Å². The summed E-state index contributed by atoms with van der Waals surface area (Å²) in [5, 5.41) is 13.8. The number of nitrogens with one attached hydrogen (secondary N) is 1. The van der Waals surface area contributed by atoms with Crippen LogP contribution in [0.25, 0.3) is 0 Å². The SMILES string of the molecule is CCNc1nc(Sc2nnc(N(C)C)s2)c(Cl)cc1Cl. The summed E-state index contributed by atoms with van der Waals surface area (Å²) in [6.07, 6.45) is 0. The first-order chi connectivity index (χ1) is 9.51. The van der Waals surface area contributed by atoms with Crippen LogP contribution in [0.3, 0.4) is 0 Å². The van der Waals surface area contributed by atoms with Gasteiger partial charge in [0.05, 0.1) is 10.0 Å². The Morgan fingerprint density at radius 2 is 2.05 bits per heavy atom. The fourth-order valence-corrected chi connectivity index (χ4v) is 3.53. The van der Waals surface area contributed by atoms with Crippen molar-refractivity contribution in [3.63, 3.8) is 0 Å². The summed E-state index contributed by atoms with van der Waals surface area (Å²) in [7, 11) is 3.84. The second kappa shape index (κ2) is 6.80. The Morgan fingerprint density at radius 3 is 2.65 bits per heavy atom. The lowest BCUT2D eigenvalue weighted by Gasteiger charge is -2.08. The fourth-order valence-electron chi connectivity index (χ4n) is 1.32. The van der Waals surface area contributed by atoms with Gasteiger partial charge in [-0.3, -0.25) is 0 Å². The first kappa shape index (κ1) is 15.6. The highest BCUT2D eigenvalue weighted by Crippen LogP contribution is 2.37. The van der Waals surface area contributed by atoms with Crippen LogP contribution in [-0.4, -0.2) is 35.8 Å². The minimum atomic E-state index is 0.503. The first-order valence-corrected chi connectivity index (χ1v) is 8.18. The van der Waals surface area contributed by atoms with Crippen LogP contribution in [0.15, 0.2) is 15.4 Å². The van der Waals surface area contributed by atoms with Crippen molar-refractivity contribution >= 4 is 57.2 Å². The average Bonchev–Trinajstić information content (AvgIpc) is 2.84. The molecule has 0 unspecified atom stereocenters. The molecule has 2 aromatic rings. The highest BCUT2D eigenvalue weighted by molar-refractivity contribution is 8.01. The predicted octanol–water partition coefficient (Wildman–Crippen LogP) is 3.89. The maximum Gasteiger partial charge on any atom is 0.208 e. The Morgan fingerprint density at radius 1 is 1.30 bits per heavy atom. The number of halogens is 2. The molecule has 0 amide bonds. The Kier molecular flexibility index (Phi) is 5.31. The molecule has 1 N–H and O–H groups in total. The summed E-state index contributed by atoms with van der Waals surface area (Å²) in [5.74, 6) is 0.624. The Hall–Kier alpha value is -0.760. The van der Waals surface area contributed by atoms with Gasteiger partial charge >= 0.3 is 0 Å². The number of nitrogens with zero attached hydrogens (tertiary/aromatic N) is 4. The van der Waals surface area contributed by atoms with E-state index in [4.69, 9.17) is 23.2 Å². The zero-order chi connectivity index (χ0) is 14.7. The number of anilines is 2. The molecule has 0 aromatic carbocycles. The van der Waals surface area contributed by atoms with E-state index in [2.05, 4.69) is 20.5 Å². The van der Waals surface area contributed by atoms with E-state index in [-0.39, 0.29) is 0 Å². The van der Waals surface area contributed by atoms with E-state index in [0.29, 0.717) is 20.9 Å². The average molecular weight is 350 g/mol. The molecule has 2 heterocycles. The van der Waals surface area contributed by atoms with Crippen LogP contribution in [0.4, 0.5) is 10.9 Å². The third-order valence-electron chi connectivity index (χ3n) is 2.20. The molecule has 0 aliphatic carbocycles. The van der Waals surface area contributed by atoms with Crippen LogP contribution in [0.2, 0.25) is 10.0 Å². The molecule has 9 heteroatoms. The van der Waals surface area contributed by atoms with Gasteiger partial charge in [0.2, 0.25) is 5.13 Å². The third-order valence-corrected chi connectivity index (χ3v) is 5.04. The van der Waals surface area contributed by atoms with Crippen molar-refractivity contribution < 1.29 is 0 Å². The van der Waals surface area contributed by atoms with E-state index in [9.17, 15) is 0 Å². The van der Waals surface area contributed by atoms with Crippen LogP contribution in [-0.2, 0) is 0 Å². The van der Waals surface area contributed by atoms with Crippen molar-refractivity contribution in [3.05, 3.63) is 16.1 Å². The molecule has 0 saturated carbocycles. The second-order valence-electron chi connectivity index (χ2n) is 3.98. The number of pyridine rings is 1. The second-order valence-corrected chi connectivity index (χ2v) is 6.99. The molecule has 108 valence electrons. The lowest BCUT2D eigenvalue weighted by Crippen LogP contribution is -2.07. The molecule has 2 aromatic heterocycles. The molecule has 5 nitrogen and oxygen atoms in total.